The zero-order valence-corrected chi connectivity index (χ0v) is 12.6. The van der Waals surface area contributed by atoms with Gasteiger partial charge < -0.3 is 15.2 Å². The van der Waals surface area contributed by atoms with Crippen LogP contribution < -0.4 is 10.1 Å². The fourth-order valence-corrected chi connectivity index (χ4v) is 2.30. The van der Waals surface area contributed by atoms with Crippen molar-refractivity contribution >= 4 is 33.2 Å². The number of nitrogens with one attached hydrogen (secondary N) is 1. The van der Waals surface area contributed by atoms with Gasteiger partial charge in [-0.05, 0) is 40.2 Å². The molecule has 0 bridgehead atoms. The minimum absolute atomic E-state index is 0.180. The number of benzene rings is 2. The van der Waals surface area contributed by atoms with Gasteiger partial charge in [-0.2, -0.15) is 0 Å². The summed E-state index contributed by atoms with van der Waals surface area (Å²) in [6.07, 6.45) is 0. The van der Waals surface area contributed by atoms with Gasteiger partial charge in [0.15, 0.2) is 0 Å². The zero-order valence-electron chi connectivity index (χ0n) is 10.3. The summed E-state index contributed by atoms with van der Waals surface area (Å²) >= 11 is 9.51. The van der Waals surface area contributed by atoms with Gasteiger partial charge in [0.25, 0.3) is 0 Å². The molecule has 2 rings (SSSR count). The molecule has 3 nitrogen and oxygen atoms in total. The number of aromatic hydroxyl groups is 1. The Bertz CT molecular complexity index is 569. The van der Waals surface area contributed by atoms with Gasteiger partial charge in [0, 0.05) is 27.7 Å². The Morgan fingerprint density at radius 2 is 2.11 bits per heavy atom. The smallest absolute Gasteiger partial charge is 0.122 e. The maximum absolute atomic E-state index is 9.78. The van der Waals surface area contributed by atoms with Crippen LogP contribution in [0.1, 0.15) is 5.56 Å². The van der Waals surface area contributed by atoms with Crippen molar-refractivity contribution in [1.82, 2.24) is 0 Å². The minimum atomic E-state index is 0.180. The molecule has 0 aliphatic carbocycles. The van der Waals surface area contributed by atoms with Gasteiger partial charge in [0.1, 0.15) is 11.5 Å². The van der Waals surface area contributed by atoms with E-state index in [2.05, 4.69) is 21.2 Å². The second kappa shape index (κ2) is 6.17. The van der Waals surface area contributed by atoms with Gasteiger partial charge in [-0.3, -0.25) is 0 Å². The van der Waals surface area contributed by atoms with Crippen molar-refractivity contribution in [2.75, 3.05) is 12.4 Å². The quantitative estimate of drug-likeness (QED) is 0.863. The van der Waals surface area contributed by atoms with Gasteiger partial charge in [0.2, 0.25) is 0 Å². The first-order chi connectivity index (χ1) is 9.11. The molecule has 19 heavy (non-hydrogen) atoms. The maximum Gasteiger partial charge on any atom is 0.122 e. The van der Waals surface area contributed by atoms with Crippen LogP contribution in [-0.2, 0) is 6.54 Å². The third-order valence-corrected chi connectivity index (χ3v) is 3.77. The number of rotatable bonds is 4. The lowest BCUT2D eigenvalue weighted by Crippen LogP contribution is -2.01. The molecule has 0 heterocycles. The first-order valence-electron chi connectivity index (χ1n) is 5.65. The Morgan fingerprint density at radius 3 is 2.79 bits per heavy atom. The van der Waals surface area contributed by atoms with E-state index < -0.39 is 0 Å². The highest BCUT2D eigenvalue weighted by atomic mass is 79.9. The molecule has 5 heteroatoms. The summed E-state index contributed by atoms with van der Waals surface area (Å²) in [6.45, 7) is 0.428. The number of phenolic OH excluding ortho intramolecular Hbond substituents is 1. The Labute approximate surface area is 125 Å². The van der Waals surface area contributed by atoms with E-state index in [0.717, 1.165) is 15.9 Å². The van der Waals surface area contributed by atoms with Crippen molar-refractivity contribution < 1.29 is 9.84 Å². The molecule has 0 fully saturated rings. The highest BCUT2D eigenvalue weighted by Gasteiger charge is 2.07. The molecule has 0 saturated heterocycles. The minimum Gasteiger partial charge on any atom is -0.508 e. The molecule has 0 saturated carbocycles. The summed E-state index contributed by atoms with van der Waals surface area (Å²) in [7, 11) is 1.62. The predicted octanol–water partition coefficient (Wildman–Crippen LogP) is 4.43. The average molecular weight is 343 g/mol. The van der Waals surface area contributed by atoms with Crippen molar-refractivity contribution in [1.29, 1.82) is 0 Å². The number of methoxy groups -OCH3 is 1. The van der Waals surface area contributed by atoms with E-state index in [4.69, 9.17) is 16.3 Å². The van der Waals surface area contributed by atoms with Gasteiger partial charge in [-0.25, -0.2) is 0 Å². The van der Waals surface area contributed by atoms with E-state index in [0.29, 0.717) is 17.1 Å². The molecule has 0 aliphatic heterocycles. The lowest BCUT2D eigenvalue weighted by atomic mass is 10.2. The summed E-state index contributed by atoms with van der Waals surface area (Å²) in [4.78, 5) is 0. The first-order valence-corrected chi connectivity index (χ1v) is 6.82. The molecular weight excluding hydrogens is 330 g/mol. The van der Waals surface area contributed by atoms with Crippen LogP contribution in [0.2, 0.25) is 5.02 Å². The van der Waals surface area contributed by atoms with Crippen LogP contribution in [-0.4, -0.2) is 12.2 Å². The molecule has 0 amide bonds. The molecule has 0 aromatic heterocycles. The second-order valence-electron chi connectivity index (χ2n) is 3.94. The largest absolute Gasteiger partial charge is 0.508 e. The molecular formula is C14H13BrClNO2. The predicted molar refractivity (Wildman–Crippen MR) is 81.1 cm³/mol. The van der Waals surface area contributed by atoms with Crippen molar-refractivity contribution in [3.63, 3.8) is 0 Å². The van der Waals surface area contributed by atoms with Crippen LogP contribution >= 0.6 is 27.5 Å². The maximum atomic E-state index is 9.78. The fourth-order valence-electron chi connectivity index (χ4n) is 1.67. The van der Waals surface area contributed by atoms with E-state index in [1.807, 2.05) is 18.2 Å². The van der Waals surface area contributed by atoms with Gasteiger partial charge >= 0.3 is 0 Å². The van der Waals surface area contributed by atoms with Crippen LogP contribution in [0.4, 0.5) is 5.69 Å². The summed E-state index contributed by atoms with van der Waals surface area (Å²) in [5, 5.41) is 13.5. The highest BCUT2D eigenvalue weighted by molar-refractivity contribution is 9.10. The SMILES string of the molecule is COc1ccc(Br)c(NCc2c(O)cccc2Cl)c1. The van der Waals surface area contributed by atoms with E-state index >= 15 is 0 Å². The molecule has 0 unspecified atom stereocenters. The van der Waals surface area contributed by atoms with Crippen LogP contribution in [0.5, 0.6) is 11.5 Å². The molecule has 2 aromatic carbocycles. The van der Waals surface area contributed by atoms with E-state index in [9.17, 15) is 5.11 Å². The lowest BCUT2D eigenvalue weighted by molar-refractivity contribution is 0.415. The summed E-state index contributed by atoms with van der Waals surface area (Å²) in [5.41, 5.74) is 1.54. The van der Waals surface area contributed by atoms with Gasteiger partial charge in [-0.1, -0.05) is 17.7 Å². The Balaban J connectivity index is 2.19. The summed E-state index contributed by atoms with van der Waals surface area (Å²) in [6, 6.07) is 10.7. The normalized spacial score (nSPS) is 10.3. The van der Waals surface area contributed by atoms with E-state index in [1.54, 1.807) is 25.3 Å². The fraction of sp³-hybridized carbons (Fsp3) is 0.143. The van der Waals surface area contributed by atoms with Crippen molar-refractivity contribution in [2.24, 2.45) is 0 Å². The Kier molecular flexibility index (Phi) is 4.56. The van der Waals surface area contributed by atoms with Crippen LogP contribution in [0.25, 0.3) is 0 Å². The highest BCUT2D eigenvalue weighted by Crippen LogP contribution is 2.30. The Morgan fingerprint density at radius 1 is 1.32 bits per heavy atom. The standard InChI is InChI=1S/C14H13BrClNO2/c1-19-9-5-6-11(15)13(7-9)17-8-10-12(16)3-2-4-14(10)18/h2-7,17-18H,8H2,1H3. The van der Waals surface area contributed by atoms with Gasteiger partial charge in [-0.15, -0.1) is 0 Å². The van der Waals surface area contributed by atoms with E-state index in [1.165, 1.54) is 0 Å². The average Bonchev–Trinajstić information content (AvgIpc) is 2.40. The topological polar surface area (TPSA) is 41.5 Å². The number of ether oxygens (including phenoxy) is 1. The van der Waals surface area contributed by atoms with E-state index in [-0.39, 0.29) is 5.75 Å². The lowest BCUT2D eigenvalue weighted by Gasteiger charge is -2.12. The number of hydrogen-bond acceptors (Lipinski definition) is 3. The molecule has 0 aliphatic rings. The number of halogens is 2. The molecule has 2 N–H and O–H groups in total. The molecule has 100 valence electrons. The van der Waals surface area contributed by atoms with Gasteiger partial charge in [0.05, 0.1) is 12.8 Å². The molecule has 2 aromatic rings. The second-order valence-corrected chi connectivity index (χ2v) is 5.20. The van der Waals surface area contributed by atoms with Crippen molar-refractivity contribution in [2.45, 2.75) is 6.54 Å². The van der Waals surface area contributed by atoms with Crippen molar-refractivity contribution in [3.8, 4) is 11.5 Å². The monoisotopic (exact) mass is 341 g/mol. The zero-order chi connectivity index (χ0) is 13.8. The number of anilines is 1. The molecule has 0 radical (unpaired) electrons. The molecule has 0 atom stereocenters. The Hall–Kier alpha value is -1.39. The van der Waals surface area contributed by atoms with Crippen molar-refractivity contribution in [3.05, 3.63) is 51.5 Å². The van der Waals surface area contributed by atoms with Crippen LogP contribution in [0.3, 0.4) is 0 Å². The molecule has 0 spiro atoms. The summed E-state index contributed by atoms with van der Waals surface area (Å²) < 4.78 is 6.09. The number of phenols is 1. The van der Waals surface area contributed by atoms with Crippen LogP contribution in [0, 0.1) is 0 Å². The third kappa shape index (κ3) is 3.33. The third-order valence-electron chi connectivity index (χ3n) is 2.72. The number of hydrogen-bond donors (Lipinski definition) is 2. The summed E-state index contributed by atoms with van der Waals surface area (Å²) in [5.74, 6) is 0.938. The first kappa shape index (κ1) is 14.0. The van der Waals surface area contributed by atoms with Crippen LogP contribution in [0.15, 0.2) is 40.9 Å².